The predicted octanol–water partition coefficient (Wildman–Crippen LogP) is 1.28. The average Bonchev–Trinajstić information content (AvgIpc) is 2.75. The largest absolute Gasteiger partial charge is 0.478 e. The van der Waals surface area contributed by atoms with E-state index in [0.29, 0.717) is 5.13 Å². The molecule has 0 aliphatic rings. The molecule has 0 fully saturated rings. The van der Waals surface area contributed by atoms with Crippen LogP contribution < -0.4 is 17.2 Å². The first-order valence-electron chi connectivity index (χ1n) is 4.99. The molecular formula is C11H12N4O2S2. The first-order chi connectivity index (χ1) is 8.90. The van der Waals surface area contributed by atoms with Gasteiger partial charge in [-0.15, -0.1) is 11.3 Å². The Morgan fingerprint density at radius 3 is 2.16 bits per heavy atom. The molecule has 0 radical (unpaired) electrons. The van der Waals surface area contributed by atoms with Crippen molar-refractivity contribution >= 4 is 39.8 Å². The molecule has 2 rings (SSSR count). The van der Waals surface area contributed by atoms with Crippen LogP contribution in [-0.4, -0.2) is 21.2 Å². The Morgan fingerprint density at radius 2 is 1.79 bits per heavy atom. The number of thiocarbonyl (C=S) groups is 1. The van der Waals surface area contributed by atoms with Gasteiger partial charge in [-0.1, -0.05) is 12.1 Å². The molecule has 0 aliphatic heterocycles. The van der Waals surface area contributed by atoms with Gasteiger partial charge >= 0.3 is 5.97 Å². The van der Waals surface area contributed by atoms with E-state index in [9.17, 15) is 4.79 Å². The zero-order valence-electron chi connectivity index (χ0n) is 9.74. The zero-order chi connectivity index (χ0) is 14.4. The fourth-order valence-corrected chi connectivity index (χ4v) is 1.78. The average molecular weight is 296 g/mol. The highest BCUT2D eigenvalue weighted by molar-refractivity contribution is 7.80. The van der Waals surface area contributed by atoms with Gasteiger partial charge in [0.1, 0.15) is 0 Å². The summed E-state index contributed by atoms with van der Waals surface area (Å²) >= 11 is 5.45. The molecule has 0 saturated carbocycles. The van der Waals surface area contributed by atoms with Crippen molar-refractivity contribution in [2.45, 2.75) is 0 Å². The number of benzene rings is 1. The number of thiazole rings is 1. The summed E-state index contributed by atoms with van der Waals surface area (Å²) in [5.74, 6) is -0.931. The summed E-state index contributed by atoms with van der Waals surface area (Å²) in [6, 6.07) is 6.54. The van der Waals surface area contributed by atoms with E-state index in [2.05, 4.69) is 28.7 Å². The first kappa shape index (κ1) is 14.9. The molecule has 100 valence electrons. The van der Waals surface area contributed by atoms with E-state index >= 15 is 0 Å². The summed E-state index contributed by atoms with van der Waals surface area (Å²) in [6.07, 6.45) is 0. The molecule has 2 aromatic rings. The molecule has 0 atom stereocenters. The van der Waals surface area contributed by atoms with Crippen molar-refractivity contribution in [2.75, 3.05) is 5.73 Å². The fraction of sp³-hybridized carbons (Fsp3) is 0. The number of carbonyl (C=O) groups is 1. The summed E-state index contributed by atoms with van der Waals surface area (Å²) < 4.78 is 0. The number of nitrogen functional groups attached to an aromatic ring is 1. The first-order valence-corrected chi connectivity index (χ1v) is 6.28. The van der Waals surface area contributed by atoms with Gasteiger partial charge in [0.05, 0.1) is 11.3 Å². The third-order valence-corrected chi connectivity index (χ3v) is 2.62. The fourth-order valence-electron chi connectivity index (χ4n) is 1.20. The molecule has 1 aromatic carbocycles. The third kappa shape index (κ3) is 4.90. The Morgan fingerprint density at radius 1 is 1.26 bits per heavy atom. The molecule has 0 unspecified atom stereocenters. The van der Waals surface area contributed by atoms with Gasteiger partial charge in [0, 0.05) is 10.9 Å². The highest BCUT2D eigenvalue weighted by atomic mass is 32.1. The number of hydrogen-bond acceptors (Lipinski definition) is 5. The van der Waals surface area contributed by atoms with E-state index in [1.165, 1.54) is 11.3 Å². The van der Waals surface area contributed by atoms with E-state index in [4.69, 9.17) is 10.8 Å². The third-order valence-electron chi connectivity index (χ3n) is 1.95. The Bertz CT molecular complexity index is 577. The standard InChI is InChI=1S/C10H8N2O2S.CH4N2S/c11-10-12-8(5-15-10)6-1-3-7(4-2-6)9(13)14;2-1(3)4/h1-5H,(H2,11,12)(H,13,14);(H4,2,3,4). The lowest BCUT2D eigenvalue weighted by Crippen LogP contribution is -2.18. The molecule has 0 amide bonds. The van der Waals surface area contributed by atoms with Gasteiger partial charge in [-0.05, 0) is 24.4 Å². The monoisotopic (exact) mass is 296 g/mol. The van der Waals surface area contributed by atoms with Crippen molar-refractivity contribution in [1.29, 1.82) is 0 Å². The Kier molecular flexibility index (Phi) is 5.22. The summed E-state index contributed by atoms with van der Waals surface area (Å²) in [7, 11) is 0. The second-order valence-corrected chi connectivity index (χ2v) is 4.72. The number of carboxylic acid groups (broad SMARTS) is 1. The van der Waals surface area contributed by atoms with E-state index in [1.54, 1.807) is 24.3 Å². The Labute approximate surface area is 118 Å². The zero-order valence-corrected chi connectivity index (χ0v) is 11.4. The van der Waals surface area contributed by atoms with Gasteiger partial charge in [0.25, 0.3) is 0 Å². The van der Waals surface area contributed by atoms with Crippen molar-refractivity contribution in [1.82, 2.24) is 4.98 Å². The van der Waals surface area contributed by atoms with Crippen molar-refractivity contribution in [3.8, 4) is 11.3 Å². The lowest BCUT2D eigenvalue weighted by Gasteiger charge is -1.97. The quantitative estimate of drug-likeness (QED) is 0.614. The summed E-state index contributed by atoms with van der Waals surface area (Å²) in [4.78, 5) is 14.7. The topological polar surface area (TPSA) is 128 Å². The highest BCUT2D eigenvalue weighted by Crippen LogP contribution is 2.23. The van der Waals surface area contributed by atoms with Crippen molar-refractivity contribution in [3.63, 3.8) is 0 Å². The number of hydrogen-bond donors (Lipinski definition) is 4. The summed E-state index contributed by atoms with van der Waals surface area (Å²) in [6.45, 7) is 0. The van der Waals surface area contributed by atoms with Crippen molar-refractivity contribution in [3.05, 3.63) is 35.2 Å². The maximum atomic E-state index is 10.6. The SMILES string of the molecule is NC(N)=S.Nc1nc(-c2ccc(C(=O)O)cc2)cs1. The van der Waals surface area contributed by atoms with Gasteiger partial charge in [-0.3, -0.25) is 0 Å². The van der Waals surface area contributed by atoms with E-state index in [1.807, 2.05) is 5.38 Å². The number of aromatic carboxylic acids is 1. The maximum Gasteiger partial charge on any atom is 0.335 e. The number of nitrogens with two attached hydrogens (primary N) is 3. The lowest BCUT2D eigenvalue weighted by molar-refractivity contribution is 0.0697. The van der Waals surface area contributed by atoms with Gasteiger partial charge < -0.3 is 22.3 Å². The molecule has 8 heteroatoms. The van der Waals surface area contributed by atoms with Crippen LogP contribution in [0.4, 0.5) is 5.13 Å². The van der Waals surface area contributed by atoms with Crippen molar-refractivity contribution in [2.24, 2.45) is 11.5 Å². The molecule has 0 spiro atoms. The van der Waals surface area contributed by atoms with Gasteiger partial charge in [-0.2, -0.15) is 0 Å². The molecule has 0 saturated heterocycles. The highest BCUT2D eigenvalue weighted by Gasteiger charge is 2.05. The molecule has 7 N–H and O–H groups in total. The number of rotatable bonds is 2. The second kappa shape index (κ2) is 6.66. The number of carboxylic acids is 1. The molecule has 0 bridgehead atoms. The van der Waals surface area contributed by atoms with Crippen LogP contribution in [0.25, 0.3) is 11.3 Å². The molecule has 1 aromatic heterocycles. The van der Waals surface area contributed by atoms with Crippen LogP contribution >= 0.6 is 23.6 Å². The molecule has 19 heavy (non-hydrogen) atoms. The van der Waals surface area contributed by atoms with Gasteiger partial charge in [0.2, 0.25) is 0 Å². The van der Waals surface area contributed by atoms with E-state index < -0.39 is 5.97 Å². The number of aromatic nitrogens is 1. The van der Waals surface area contributed by atoms with Gasteiger partial charge in [-0.25, -0.2) is 9.78 Å². The number of nitrogens with zero attached hydrogens (tertiary/aromatic N) is 1. The second-order valence-electron chi connectivity index (χ2n) is 3.36. The summed E-state index contributed by atoms with van der Waals surface area (Å²) in [5, 5.41) is 11.1. The Balaban J connectivity index is 0.000000399. The van der Waals surface area contributed by atoms with Crippen LogP contribution in [0.5, 0.6) is 0 Å². The maximum absolute atomic E-state index is 10.6. The van der Waals surface area contributed by atoms with Crippen LogP contribution in [0.1, 0.15) is 10.4 Å². The van der Waals surface area contributed by atoms with E-state index in [-0.39, 0.29) is 10.7 Å². The smallest absolute Gasteiger partial charge is 0.335 e. The van der Waals surface area contributed by atoms with Crippen LogP contribution in [0.15, 0.2) is 29.6 Å². The van der Waals surface area contributed by atoms with Crippen LogP contribution in [0.2, 0.25) is 0 Å². The predicted molar refractivity (Wildman–Crippen MR) is 79.9 cm³/mol. The Hall–Kier alpha value is -2.19. The normalized spacial score (nSPS) is 9.26. The molecule has 6 nitrogen and oxygen atoms in total. The van der Waals surface area contributed by atoms with E-state index in [0.717, 1.165) is 11.3 Å². The minimum absolute atomic E-state index is 0.000000000000000222. The molecule has 1 heterocycles. The molecular weight excluding hydrogens is 284 g/mol. The molecule has 0 aliphatic carbocycles. The van der Waals surface area contributed by atoms with Crippen LogP contribution in [0, 0.1) is 0 Å². The number of anilines is 1. The van der Waals surface area contributed by atoms with Gasteiger partial charge in [0.15, 0.2) is 10.2 Å². The van der Waals surface area contributed by atoms with Crippen LogP contribution in [-0.2, 0) is 0 Å². The lowest BCUT2D eigenvalue weighted by atomic mass is 10.1. The van der Waals surface area contributed by atoms with Crippen molar-refractivity contribution < 1.29 is 9.90 Å². The minimum Gasteiger partial charge on any atom is -0.478 e. The van der Waals surface area contributed by atoms with Crippen LogP contribution in [0.3, 0.4) is 0 Å². The minimum atomic E-state index is -0.931. The summed E-state index contributed by atoms with van der Waals surface area (Å²) in [5.41, 5.74) is 16.7.